The summed E-state index contributed by atoms with van der Waals surface area (Å²) in [5.41, 5.74) is 0. The Kier molecular flexibility index (Phi) is 5.08. The topological polar surface area (TPSA) is 35.6 Å². The number of carbonyl (C=O) groups excluding carboxylic acids is 1. The smallest absolute Gasteiger partial charge is 0.237 e. The molecule has 3 fully saturated rings. The summed E-state index contributed by atoms with van der Waals surface area (Å²) in [5, 5.41) is 3.33. The van der Waals surface area contributed by atoms with Crippen LogP contribution in [0.4, 0.5) is 0 Å². The van der Waals surface area contributed by atoms with E-state index in [1.165, 1.54) is 38.5 Å². The van der Waals surface area contributed by atoms with Gasteiger partial charge >= 0.3 is 0 Å². The minimum absolute atomic E-state index is 0.143. The molecule has 1 saturated carbocycles. The zero-order chi connectivity index (χ0) is 15.7. The largest absolute Gasteiger partial charge is 0.352 e. The van der Waals surface area contributed by atoms with E-state index >= 15 is 0 Å². The van der Waals surface area contributed by atoms with E-state index in [1.807, 2.05) is 0 Å². The van der Waals surface area contributed by atoms with Crippen LogP contribution >= 0.6 is 0 Å². The van der Waals surface area contributed by atoms with Crippen molar-refractivity contribution in [1.82, 2.24) is 15.1 Å². The Hall–Kier alpha value is -0.610. The summed E-state index contributed by atoms with van der Waals surface area (Å²) in [4.78, 5) is 17.5. The van der Waals surface area contributed by atoms with Crippen molar-refractivity contribution in [3.05, 3.63) is 0 Å². The van der Waals surface area contributed by atoms with Gasteiger partial charge in [0.25, 0.3) is 0 Å². The second-order valence-electron chi connectivity index (χ2n) is 7.94. The first-order chi connectivity index (χ1) is 10.6. The standard InChI is InChI=1S/C18H33N3O/c1-13(2)20(3)15-8-10-21(11-9-15)17-12-14-6-4-5-7-16(14)19-18(17)22/h13-17H,4-12H2,1-3H3,(H,19,22). The van der Waals surface area contributed by atoms with Crippen LogP contribution in [-0.2, 0) is 4.79 Å². The highest BCUT2D eigenvalue weighted by atomic mass is 16.2. The first kappa shape index (κ1) is 16.3. The van der Waals surface area contributed by atoms with E-state index in [0.717, 1.165) is 25.4 Å². The molecule has 3 rings (SSSR count). The molecule has 4 heteroatoms. The normalized spacial score (nSPS) is 34.8. The van der Waals surface area contributed by atoms with Crippen molar-refractivity contribution in [2.75, 3.05) is 20.1 Å². The van der Waals surface area contributed by atoms with Gasteiger partial charge in [0.05, 0.1) is 6.04 Å². The fourth-order valence-corrected chi connectivity index (χ4v) is 4.69. The Balaban J connectivity index is 1.55. The van der Waals surface area contributed by atoms with Crippen LogP contribution in [0.25, 0.3) is 0 Å². The summed E-state index contributed by atoms with van der Waals surface area (Å²) < 4.78 is 0. The maximum Gasteiger partial charge on any atom is 0.237 e. The van der Waals surface area contributed by atoms with Gasteiger partial charge in [0.15, 0.2) is 0 Å². The van der Waals surface area contributed by atoms with Crippen LogP contribution in [0.15, 0.2) is 0 Å². The molecular weight excluding hydrogens is 274 g/mol. The molecule has 1 aliphatic carbocycles. The molecule has 4 nitrogen and oxygen atoms in total. The number of amides is 1. The predicted octanol–water partition coefficient (Wildman–Crippen LogP) is 2.24. The third-order valence-electron chi connectivity index (χ3n) is 6.40. The molecule has 2 aliphatic heterocycles. The number of fused-ring (bicyclic) bond motifs is 1. The Morgan fingerprint density at radius 3 is 2.50 bits per heavy atom. The van der Waals surface area contributed by atoms with Gasteiger partial charge in [-0.25, -0.2) is 0 Å². The average molecular weight is 307 g/mol. The molecule has 3 aliphatic rings. The molecule has 3 atom stereocenters. The fraction of sp³-hybridized carbons (Fsp3) is 0.944. The molecule has 1 amide bonds. The van der Waals surface area contributed by atoms with Crippen molar-refractivity contribution >= 4 is 5.91 Å². The maximum absolute atomic E-state index is 12.5. The van der Waals surface area contributed by atoms with Crippen molar-refractivity contribution in [1.29, 1.82) is 0 Å². The molecule has 0 aromatic heterocycles. The first-order valence-corrected chi connectivity index (χ1v) is 9.32. The number of nitrogens with one attached hydrogen (secondary N) is 1. The van der Waals surface area contributed by atoms with Crippen LogP contribution in [0.2, 0.25) is 0 Å². The second-order valence-corrected chi connectivity index (χ2v) is 7.94. The summed E-state index contributed by atoms with van der Waals surface area (Å²) in [6.07, 6.45) is 8.66. The van der Waals surface area contributed by atoms with Crippen LogP contribution in [0, 0.1) is 5.92 Å². The van der Waals surface area contributed by atoms with Crippen molar-refractivity contribution in [3.8, 4) is 0 Å². The van der Waals surface area contributed by atoms with Crippen LogP contribution in [-0.4, -0.2) is 60.0 Å². The number of rotatable bonds is 3. The lowest BCUT2D eigenvalue weighted by Crippen LogP contribution is -2.60. The Morgan fingerprint density at radius 1 is 1.14 bits per heavy atom. The van der Waals surface area contributed by atoms with E-state index in [1.54, 1.807) is 0 Å². The lowest BCUT2D eigenvalue weighted by Gasteiger charge is -2.46. The zero-order valence-corrected chi connectivity index (χ0v) is 14.6. The number of hydrogen-bond donors (Lipinski definition) is 1. The van der Waals surface area contributed by atoms with Gasteiger partial charge in [-0.2, -0.15) is 0 Å². The van der Waals surface area contributed by atoms with E-state index in [0.29, 0.717) is 24.0 Å². The Labute approximate surface area is 135 Å². The molecule has 2 heterocycles. The molecule has 0 bridgehead atoms. The molecule has 0 aromatic carbocycles. The van der Waals surface area contributed by atoms with E-state index in [4.69, 9.17) is 0 Å². The van der Waals surface area contributed by atoms with E-state index in [9.17, 15) is 4.79 Å². The zero-order valence-electron chi connectivity index (χ0n) is 14.6. The van der Waals surface area contributed by atoms with Crippen LogP contribution in [0.1, 0.15) is 58.8 Å². The van der Waals surface area contributed by atoms with Gasteiger partial charge in [-0.15, -0.1) is 0 Å². The molecule has 22 heavy (non-hydrogen) atoms. The fourth-order valence-electron chi connectivity index (χ4n) is 4.69. The molecule has 2 saturated heterocycles. The average Bonchev–Trinajstić information content (AvgIpc) is 2.53. The van der Waals surface area contributed by atoms with Crippen LogP contribution in [0.5, 0.6) is 0 Å². The van der Waals surface area contributed by atoms with Crippen molar-refractivity contribution < 1.29 is 4.79 Å². The molecule has 1 N–H and O–H groups in total. The molecule has 0 spiro atoms. The third-order valence-corrected chi connectivity index (χ3v) is 6.40. The number of nitrogens with zero attached hydrogens (tertiary/aromatic N) is 2. The highest BCUT2D eigenvalue weighted by Crippen LogP contribution is 2.33. The van der Waals surface area contributed by atoms with Crippen molar-refractivity contribution in [3.63, 3.8) is 0 Å². The summed E-state index contributed by atoms with van der Waals surface area (Å²) in [6, 6.07) is 1.91. The van der Waals surface area contributed by atoms with E-state index < -0.39 is 0 Å². The minimum atomic E-state index is 0.143. The summed E-state index contributed by atoms with van der Waals surface area (Å²) in [6.45, 7) is 6.70. The number of likely N-dealkylation sites (tertiary alicyclic amines) is 1. The summed E-state index contributed by atoms with van der Waals surface area (Å²) in [7, 11) is 2.24. The Bertz CT molecular complexity index is 390. The lowest BCUT2D eigenvalue weighted by atomic mass is 9.77. The summed E-state index contributed by atoms with van der Waals surface area (Å²) in [5.74, 6) is 1.03. The van der Waals surface area contributed by atoms with Crippen LogP contribution < -0.4 is 5.32 Å². The molecule has 3 unspecified atom stereocenters. The van der Waals surface area contributed by atoms with Gasteiger partial charge in [0, 0.05) is 31.2 Å². The van der Waals surface area contributed by atoms with Crippen molar-refractivity contribution in [2.24, 2.45) is 5.92 Å². The number of hydrogen-bond acceptors (Lipinski definition) is 3. The first-order valence-electron chi connectivity index (χ1n) is 9.32. The SMILES string of the molecule is CC(C)N(C)C1CCN(C2CC3CCCCC3NC2=O)CC1. The number of piperidine rings is 2. The Morgan fingerprint density at radius 2 is 1.82 bits per heavy atom. The maximum atomic E-state index is 12.5. The monoisotopic (exact) mass is 307 g/mol. The van der Waals surface area contributed by atoms with Crippen molar-refractivity contribution in [2.45, 2.75) is 83.0 Å². The molecule has 126 valence electrons. The highest BCUT2D eigenvalue weighted by Gasteiger charge is 2.40. The number of carbonyl (C=O) groups is 1. The second kappa shape index (κ2) is 6.88. The van der Waals surface area contributed by atoms with E-state index in [2.05, 4.69) is 36.0 Å². The molecule has 0 radical (unpaired) electrons. The predicted molar refractivity (Wildman–Crippen MR) is 89.8 cm³/mol. The van der Waals surface area contributed by atoms with Gasteiger partial charge in [-0.05, 0) is 58.9 Å². The van der Waals surface area contributed by atoms with Gasteiger partial charge in [0.1, 0.15) is 0 Å². The van der Waals surface area contributed by atoms with Crippen LogP contribution in [0.3, 0.4) is 0 Å². The van der Waals surface area contributed by atoms with Gasteiger partial charge in [-0.3, -0.25) is 9.69 Å². The molecular formula is C18H33N3O. The third kappa shape index (κ3) is 3.33. The lowest BCUT2D eigenvalue weighted by molar-refractivity contribution is -0.132. The van der Waals surface area contributed by atoms with Gasteiger partial charge < -0.3 is 10.2 Å². The quantitative estimate of drug-likeness (QED) is 0.868. The summed E-state index contributed by atoms with van der Waals surface area (Å²) >= 11 is 0. The van der Waals surface area contributed by atoms with Gasteiger partial charge in [0.2, 0.25) is 5.91 Å². The van der Waals surface area contributed by atoms with Gasteiger partial charge in [-0.1, -0.05) is 12.8 Å². The minimum Gasteiger partial charge on any atom is -0.352 e. The van der Waals surface area contributed by atoms with E-state index in [-0.39, 0.29) is 6.04 Å². The molecule has 0 aromatic rings. The highest BCUT2D eigenvalue weighted by molar-refractivity contribution is 5.83.